The van der Waals surface area contributed by atoms with Gasteiger partial charge in [-0.3, -0.25) is 4.98 Å². The highest BCUT2D eigenvalue weighted by Crippen LogP contribution is 2.31. The number of ether oxygens (including phenoxy) is 1. The highest BCUT2D eigenvalue weighted by molar-refractivity contribution is 5.41. The lowest BCUT2D eigenvalue weighted by Gasteiger charge is -2.21. The van der Waals surface area contributed by atoms with E-state index in [-0.39, 0.29) is 0 Å². The van der Waals surface area contributed by atoms with E-state index in [1.165, 1.54) is 30.5 Å². The topological polar surface area (TPSA) is 34.2 Å². The Morgan fingerprint density at radius 3 is 2.84 bits per heavy atom. The number of methoxy groups -OCH3 is 1. The van der Waals surface area contributed by atoms with Gasteiger partial charge in [0.2, 0.25) is 0 Å². The first-order valence-corrected chi connectivity index (χ1v) is 7.39. The summed E-state index contributed by atoms with van der Waals surface area (Å²) in [4.78, 5) is 4.64. The molecule has 1 aromatic heterocycles. The third-order valence-corrected chi connectivity index (χ3v) is 4.33. The fourth-order valence-corrected chi connectivity index (χ4v) is 3.34. The molecule has 0 radical (unpaired) electrons. The van der Waals surface area contributed by atoms with Crippen molar-refractivity contribution in [2.75, 3.05) is 13.7 Å². The summed E-state index contributed by atoms with van der Waals surface area (Å²) in [6.45, 7) is 7.43. The molecule has 0 saturated heterocycles. The number of aromatic nitrogens is 1. The van der Waals surface area contributed by atoms with E-state index in [0.29, 0.717) is 6.04 Å². The van der Waals surface area contributed by atoms with Crippen LogP contribution in [0.4, 0.5) is 0 Å². The molecular formula is C16H26N2O. The van der Waals surface area contributed by atoms with E-state index in [2.05, 4.69) is 31.1 Å². The minimum Gasteiger partial charge on any atom is -0.496 e. The second-order valence-electron chi connectivity index (χ2n) is 5.61. The second kappa shape index (κ2) is 6.38. The molecule has 3 nitrogen and oxygen atoms in total. The van der Waals surface area contributed by atoms with Gasteiger partial charge in [-0.2, -0.15) is 0 Å². The molecule has 0 spiro atoms. The normalized spacial score (nSPS) is 22.7. The standard InChI is InChI=1S/C16H26N2O/c1-5-17-14-8-6-7-13(14)9-15-12(3)16(19-4)11(2)10-18-15/h10,13-14,17H,5-9H2,1-4H3. The van der Waals surface area contributed by atoms with Crippen LogP contribution in [-0.2, 0) is 6.42 Å². The first-order valence-electron chi connectivity index (χ1n) is 7.39. The number of nitrogens with one attached hydrogen (secondary N) is 1. The fraction of sp³-hybridized carbons (Fsp3) is 0.688. The van der Waals surface area contributed by atoms with Crippen LogP contribution < -0.4 is 10.1 Å². The summed E-state index contributed by atoms with van der Waals surface area (Å²) in [6, 6.07) is 0.665. The van der Waals surface area contributed by atoms with Crippen LogP contribution in [0.25, 0.3) is 0 Å². The van der Waals surface area contributed by atoms with Crippen molar-refractivity contribution in [3.63, 3.8) is 0 Å². The van der Waals surface area contributed by atoms with E-state index in [1.807, 2.05) is 6.20 Å². The maximum absolute atomic E-state index is 5.50. The summed E-state index contributed by atoms with van der Waals surface area (Å²) in [7, 11) is 1.75. The van der Waals surface area contributed by atoms with Crippen LogP contribution in [0.2, 0.25) is 0 Å². The van der Waals surface area contributed by atoms with Crippen molar-refractivity contribution in [3.05, 3.63) is 23.0 Å². The molecule has 19 heavy (non-hydrogen) atoms. The minimum absolute atomic E-state index is 0.665. The Morgan fingerprint density at radius 1 is 1.37 bits per heavy atom. The van der Waals surface area contributed by atoms with E-state index in [4.69, 9.17) is 4.74 Å². The van der Waals surface area contributed by atoms with Gasteiger partial charge < -0.3 is 10.1 Å². The molecule has 2 atom stereocenters. The third kappa shape index (κ3) is 3.08. The lowest BCUT2D eigenvalue weighted by Crippen LogP contribution is -2.33. The monoisotopic (exact) mass is 262 g/mol. The number of hydrogen-bond acceptors (Lipinski definition) is 3. The molecule has 1 aliphatic carbocycles. The zero-order chi connectivity index (χ0) is 13.8. The summed E-state index contributed by atoms with van der Waals surface area (Å²) in [6.07, 6.45) is 6.97. The number of pyridine rings is 1. The van der Waals surface area contributed by atoms with E-state index < -0.39 is 0 Å². The lowest BCUT2D eigenvalue weighted by atomic mass is 9.94. The minimum atomic E-state index is 0.665. The number of aryl methyl sites for hydroxylation is 1. The molecule has 0 amide bonds. The van der Waals surface area contributed by atoms with Gasteiger partial charge in [0.05, 0.1) is 7.11 Å². The van der Waals surface area contributed by atoms with Gasteiger partial charge in [0.1, 0.15) is 5.75 Å². The Hall–Kier alpha value is -1.09. The molecule has 1 N–H and O–H groups in total. The van der Waals surface area contributed by atoms with Crippen LogP contribution in [0.5, 0.6) is 5.75 Å². The van der Waals surface area contributed by atoms with Gasteiger partial charge in [-0.15, -0.1) is 0 Å². The molecule has 0 aliphatic heterocycles. The number of rotatable bonds is 5. The second-order valence-corrected chi connectivity index (χ2v) is 5.61. The Kier molecular flexibility index (Phi) is 4.81. The van der Waals surface area contributed by atoms with Crippen LogP contribution in [0.3, 0.4) is 0 Å². The molecule has 3 heteroatoms. The lowest BCUT2D eigenvalue weighted by molar-refractivity contribution is 0.393. The van der Waals surface area contributed by atoms with E-state index in [0.717, 1.165) is 30.2 Å². The first kappa shape index (κ1) is 14.3. The van der Waals surface area contributed by atoms with Gasteiger partial charge in [-0.1, -0.05) is 13.3 Å². The highest BCUT2D eigenvalue weighted by Gasteiger charge is 2.27. The van der Waals surface area contributed by atoms with E-state index in [1.54, 1.807) is 7.11 Å². The predicted octanol–water partition coefficient (Wildman–Crippen LogP) is 3.03. The summed E-state index contributed by atoms with van der Waals surface area (Å²) in [5.41, 5.74) is 3.54. The van der Waals surface area contributed by atoms with Crippen LogP contribution in [0.1, 0.15) is 43.0 Å². The van der Waals surface area contributed by atoms with Crippen LogP contribution in [0, 0.1) is 19.8 Å². The van der Waals surface area contributed by atoms with Crippen LogP contribution in [0.15, 0.2) is 6.20 Å². The molecule has 1 aromatic rings. The SMILES string of the molecule is CCNC1CCCC1Cc1ncc(C)c(OC)c1C. The average molecular weight is 262 g/mol. The Balaban J connectivity index is 2.15. The van der Waals surface area contributed by atoms with Gasteiger partial charge in [0, 0.05) is 29.1 Å². The van der Waals surface area contributed by atoms with Crippen LogP contribution >= 0.6 is 0 Å². The first-order chi connectivity index (χ1) is 9.17. The zero-order valence-electron chi connectivity index (χ0n) is 12.6. The number of hydrogen-bond donors (Lipinski definition) is 1. The number of nitrogens with zero attached hydrogens (tertiary/aromatic N) is 1. The predicted molar refractivity (Wildman–Crippen MR) is 78.8 cm³/mol. The molecule has 0 aromatic carbocycles. The maximum atomic E-state index is 5.50. The van der Waals surface area contributed by atoms with Crippen molar-refractivity contribution in [2.24, 2.45) is 5.92 Å². The van der Waals surface area contributed by atoms with Crippen molar-refractivity contribution < 1.29 is 4.74 Å². The van der Waals surface area contributed by atoms with E-state index in [9.17, 15) is 0 Å². The smallest absolute Gasteiger partial charge is 0.128 e. The van der Waals surface area contributed by atoms with Crippen molar-refractivity contribution in [2.45, 2.75) is 52.5 Å². The van der Waals surface area contributed by atoms with Gasteiger partial charge >= 0.3 is 0 Å². The maximum Gasteiger partial charge on any atom is 0.128 e. The summed E-state index contributed by atoms with van der Waals surface area (Å²) < 4.78 is 5.50. The van der Waals surface area contributed by atoms with Crippen molar-refractivity contribution >= 4 is 0 Å². The Morgan fingerprint density at radius 2 is 2.16 bits per heavy atom. The highest BCUT2D eigenvalue weighted by atomic mass is 16.5. The van der Waals surface area contributed by atoms with Gasteiger partial charge in [-0.25, -0.2) is 0 Å². The largest absolute Gasteiger partial charge is 0.496 e. The van der Waals surface area contributed by atoms with Gasteiger partial charge in [0.25, 0.3) is 0 Å². The molecule has 2 rings (SSSR count). The molecule has 1 saturated carbocycles. The summed E-state index contributed by atoms with van der Waals surface area (Å²) in [5, 5.41) is 3.62. The summed E-state index contributed by atoms with van der Waals surface area (Å²) in [5.74, 6) is 1.72. The van der Waals surface area contributed by atoms with Gasteiger partial charge in [0.15, 0.2) is 0 Å². The summed E-state index contributed by atoms with van der Waals surface area (Å²) >= 11 is 0. The van der Waals surface area contributed by atoms with Crippen LogP contribution in [-0.4, -0.2) is 24.7 Å². The Labute approximate surface area is 116 Å². The van der Waals surface area contributed by atoms with Gasteiger partial charge in [-0.05, 0) is 45.6 Å². The molecular weight excluding hydrogens is 236 g/mol. The molecule has 1 aliphatic rings. The molecule has 1 heterocycles. The molecule has 2 unspecified atom stereocenters. The Bertz CT molecular complexity index is 431. The van der Waals surface area contributed by atoms with E-state index >= 15 is 0 Å². The molecule has 1 fully saturated rings. The third-order valence-electron chi connectivity index (χ3n) is 4.33. The van der Waals surface area contributed by atoms with Crippen molar-refractivity contribution in [1.29, 1.82) is 0 Å². The van der Waals surface area contributed by atoms with Crippen molar-refractivity contribution in [3.8, 4) is 5.75 Å². The zero-order valence-corrected chi connectivity index (χ0v) is 12.6. The fourth-order valence-electron chi connectivity index (χ4n) is 3.34. The quantitative estimate of drug-likeness (QED) is 0.885. The average Bonchev–Trinajstić information content (AvgIpc) is 2.81. The van der Waals surface area contributed by atoms with Crippen molar-refractivity contribution in [1.82, 2.24) is 10.3 Å². The molecule has 0 bridgehead atoms. The molecule has 106 valence electrons.